The Balaban J connectivity index is 2.04. The van der Waals surface area contributed by atoms with Crippen molar-refractivity contribution in [2.45, 2.75) is 19.0 Å². The predicted octanol–water partition coefficient (Wildman–Crippen LogP) is 3.83. The minimum Gasteiger partial charge on any atom is -0.343 e. The Kier molecular flexibility index (Phi) is 6.70. The average Bonchev–Trinajstić information content (AvgIpc) is 2.73. The van der Waals surface area contributed by atoms with Gasteiger partial charge in [-0.1, -0.05) is 84.9 Å². The molecule has 0 spiro atoms. The minimum atomic E-state index is -3.60. The molecule has 3 aromatic rings. The van der Waals surface area contributed by atoms with E-state index < -0.39 is 22.1 Å². The summed E-state index contributed by atoms with van der Waals surface area (Å²) >= 11 is 0. The highest BCUT2D eigenvalue weighted by Crippen LogP contribution is 2.28. The first-order valence-corrected chi connectivity index (χ1v) is 11.5. The van der Waals surface area contributed by atoms with E-state index in [1.807, 2.05) is 67.6 Å². The van der Waals surface area contributed by atoms with Gasteiger partial charge in [0, 0.05) is 7.05 Å². The molecule has 0 unspecified atom stereocenters. The van der Waals surface area contributed by atoms with E-state index in [1.54, 1.807) is 24.3 Å². The van der Waals surface area contributed by atoms with E-state index in [4.69, 9.17) is 0 Å². The van der Waals surface area contributed by atoms with Gasteiger partial charge in [0.25, 0.3) is 0 Å². The van der Waals surface area contributed by atoms with Crippen LogP contribution in [0.25, 0.3) is 0 Å². The van der Waals surface area contributed by atoms with Gasteiger partial charge in [-0.15, -0.1) is 0 Å². The second-order valence-corrected chi connectivity index (χ2v) is 9.34. The van der Waals surface area contributed by atoms with Gasteiger partial charge in [0.1, 0.15) is 6.04 Å². The molecule has 0 bridgehead atoms. The fraction of sp³-hybridized carbons (Fsp3) is 0.208. The van der Waals surface area contributed by atoms with E-state index in [2.05, 4.69) is 5.32 Å². The molecule has 5 nitrogen and oxygen atoms in total. The number of rotatable bonds is 7. The first-order valence-electron chi connectivity index (χ1n) is 9.68. The Labute approximate surface area is 178 Å². The molecule has 0 radical (unpaired) electrons. The van der Waals surface area contributed by atoms with Gasteiger partial charge in [0.2, 0.25) is 15.9 Å². The van der Waals surface area contributed by atoms with Crippen LogP contribution in [-0.2, 0) is 14.8 Å². The summed E-state index contributed by atoms with van der Waals surface area (Å²) in [6.07, 6.45) is 1.10. The third kappa shape index (κ3) is 4.96. The van der Waals surface area contributed by atoms with Crippen LogP contribution in [0.4, 0.5) is 0 Å². The molecular weight excluding hydrogens is 396 g/mol. The third-order valence-corrected chi connectivity index (χ3v) is 6.43. The number of hydrogen-bond acceptors (Lipinski definition) is 3. The highest BCUT2D eigenvalue weighted by atomic mass is 32.2. The summed E-state index contributed by atoms with van der Waals surface area (Å²) in [5.41, 5.74) is 3.54. The van der Waals surface area contributed by atoms with Gasteiger partial charge in [0.15, 0.2) is 0 Å². The molecule has 0 heterocycles. The van der Waals surface area contributed by atoms with E-state index >= 15 is 0 Å². The van der Waals surface area contributed by atoms with Crippen LogP contribution in [0.2, 0.25) is 0 Å². The topological polar surface area (TPSA) is 66.5 Å². The predicted molar refractivity (Wildman–Crippen MR) is 119 cm³/mol. The van der Waals surface area contributed by atoms with Crippen molar-refractivity contribution in [1.82, 2.24) is 9.62 Å². The summed E-state index contributed by atoms with van der Waals surface area (Å²) in [5.74, 6) is -0.383. The summed E-state index contributed by atoms with van der Waals surface area (Å²) < 4.78 is 25.7. The molecule has 1 N–H and O–H groups in total. The summed E-state index contributed by atoms with van der Waals surface area (Å²) in [6.45, 7) is 1.99. The van der Waals surface area contributed by atoms with E-state index in [0.717, 1.165) is 27.3 Å². The Morgan fingerprint density at radius 1 is 0.833 bits per heavy atom. The number of carbonyl (C=O) groups is 1. The second kappa shape index (κ2) is 9.24. The van der Waals surface area contributed by atoms with Crippen LogP contribution < -0.4 is 5.32 Å². The van der Waals surface area contributed by atoms with Gasteiger partial charge in [-0.05, 0) is 29.2 Å². The quantitative estimate of drug-likeness (QED) is 0.629. The number of amides is 1. The Bertz CT molecular complexity index is 1100. The molecule has 0 saturated heterocycles. The zero-order valence-corrected chi connectivity index (χ0v) is 18.1. The molecule has 0 saturated carbocycles. The number of likely N-dealkylation sites (N-methyl/N-ethyl adjacent to an activating group) is 1. The van der Waals surface area contributed by atoms with E-state index in [9.17, 15) is 13.2 Å². The number of aryl methyl sites for hydroxylation is 1. The van der Waals surface area contributed by atoms with Gasteiger partial charge in [-0.25, -0.2) is 8.42 Å². The largest absolute Gasteiger partial charge is 0.343 e. The third-order valence-electron chi connectivity index (χ3n) is 5.17. The molecule has 0 aliphatic heterocycles. The molecule has 0 aliphatic rings. The number of carbonyl (C=O) groups excluding carboxylic acids is 1. The summed E-state index contributed by atoms with van der Waals surface area (Å²) in [4.78, 5) is 13.5. The van der Waals surface area contributed by atoms with Crippen LogP contribution in [-0.4, -0.2) is 31.9 Å². The summed E-state index contributed by atoms with van der Waals surface area (Å²) in [6, 6.07) is 25.1. The maximum absolute atomic E-state index is 13.5. The normalized spacial score (nSPS) is 13.6. The number of nitrogens with one attached hydrogen (secondary N) is 1. The molecule has 3 rings (SSSR count). The van der Waals surface area contributed by atoms with Crippen molar-refractivity contribution >= 4 is 15.9 Å². The lowest BCUT2D eigenvalue weighted by Gasteiger charge is -2.29. The molecule has 0 fully saturated rings. The van der Waals surface area contributed by atoms with Crippen LogP contribution in [0, 0.1) is 6.92 Å². The summed E-state index contributed by atoms with van der Waals surface area (Å²) in [5, 5.41) is 3.10. The molecule has 6 heteroatoms. The maximum Gasteiger partial charge on any atom is 0.243 e. The zero-order chi connectivity index (χ0) is 21.7. The molecule has 3 aromatic carbocycles. The molecular formula is C24H26N2O3S. The van der Waals surface area contributed by atoms with Crippen LogP contribution in [0.5, 0.6) is 0 Å². The smallest absolute Gasteiger partial charge is 0.243 e. The lowest BCUT2D eigenvalue weighted by atomic mass is 9.94. The molecule has 2 atom stereocenters. The van der Waals surface area contributed by atoms with Crippen LogP contribution in [0.1, 0.15) is 34.3 Å². The highest BCUT2D eigenvalue weighted by molar-refractivity contribution is 7.88. The first kappa shape index (κ1) is 21.7. The molecule has 30 heavy (non-hydrogen) atoms. The van der Waals surface area contributed by atoms with Crippen molar-refractivity contribution in [1.29, 1.82) is 0 Å². The molecule has 0 aromatic heterocycles. The fourth-order valence-corrected chi connectivity index (χ4v) is 4.07. The zero-order valence-electron chi connectivity index (χ0n) is 17.3. The Morgan fingerprint density at radius 2 is 1.33 bits per heavy atom. The molecule has 0 aliphatic carbocycles. The number of nitrogens with zero attached hydrogens (tertiary/aromatic N) is 1. The van der Waals surface area contributed by atoms with Crippen molar-refractivity contribution in [3.05, 3.63) is 107 Å². The monoisotopic (exact) mass is 422 g/mol. The second-order valence-electron chi connectivity index (χ2n) is 7.30. The fourth-order valence-electron chi connectivity index (χ4n) is 3.47. The van der Waals surface area contributed by atoms with Crippen molar-refractivity contribution in [2.75, 3.05) is 13.3 Å². The minimum absolute atomic E-state index is 0.383. The Morgan fingerprint density at radius 3 is 1.87 bits per heavy atom. The van der Waals surface area contributed by atoms with Crippen LogP contribution in [0.15, 0.2) is 84.9 Å². The van der Waals surface area contributed by atoms with Gasteiger partial charge >= 0.3 is 0 Å². The number of benzene rings is 3. The van der Waals surface area contributed by atoms with Crippen molar-refractivity contribution in [3.8, 4) is 0 Å². The Hall–Kier alpha value is -2.96. The maximum atomic E-state index is 13.5. The van der Waals surface area contributed by atoms with Gasteiger partial charge in [-0.2, -0.15) is 4.31 Å². The summed E-state index contributed by atoms with van der Waals surface area (Å²) in [7, 11) is -2.17. The molecule has 156 valence electrons. The van der Waals surface area contributed by atoms with Gasteiger partial charge in [-0.3, -0.25) is 4.79 Å². The first-order chi connectivity index (χ1) is 14.3. The van der Waals surface area contributed by atoms with Crippen LogP contribution >= 0.6 is 0 Å². The lowest BCUT2D eigenvalue weighted by molar-refractivity contribution is -0.125. The molecule has 1 amide bonds. The number of hydrogen-bond donors (Lipinski definition) is 1. The van der Waals surface area contributed by atoms with E-state index in [0.29, 0.717) is 5.56 Å². The van der Waals surface area contributed by atoms with Crippen molar-refractivity contribution in [3.63, 3.8) is 0 Å². The highest BCUT2D eigenvalue weighted by Gasteiger charge is 2.32. The SMILES string of the molecule is Cc1ccccc1[C@@H](NC(=O)[C@H](c1ccccc1)N(C)S(C)(=O)=O)c1ccccc1. The van der Waals surface area contributed by atoms with Gasteiger partial charge < -0.3 is 5.32 Å². The van der Waals surface area contributed by atoms with Crippen LogP contribution in [0.3, 0.4) is 0 Å². The lowest BCUT2D eigenvalue weighted by Crippen LogP contribution is -2.42. The van der Waals surface area contributed by atoms with Crippen molar-refractivity contribution < 1.29 is 13.2 Å². The van der Waals surface area contributed by atoms with Gasteiger partial charge in [0.05, 0.1) is 12.3 Å². The van der Waals surface area contributed by atoms with E-state index in [1.165, 1.54) is 7.05 Å². The van der Waals surface area contributed by atoms with E-state index in [-0.39, 0.29) is 5.91 Å². The number of sulfonamides is 1. The van der Waals surface area contributed by atoms with Crippen molar-refractivity contribution in [2.24, 2.45) is 0 Å². The standard InChI is InChI=1S/C24H26N2O3S/c1-18-12-10-11-17-21(18)22(19-13-6-4-7-14-19)25-24(27)23(26(2)30(3,28)29)20-15-8-5-9-16-20/h4-17,22-23H,1-3H3,(H,25,27)/t22-,23-/m0/s1. The average molecular weight is 423 g/mol.